The number of thioether (sulfide) groups is 1. The molecule has 2 unspecified atom stereocenters. The molecule has 1 aromatic heterocycles. The normalized spacial score (nSPS) is 19.2. The Kier molecular flexibility index (Phi) is 5.59. The number of carbonyl (C=O) groups excluding carboxylic acids is 1. The fourth-order valence-electron chi connectivity index (χ4n) is 2.99. The minimum Gasteiger partial charge on any atom is -0.497 e. The van der Waals surface area contributed by atoms with Gasteiger partial charge in [-0.3, -0.25) is 10.1 Å². The van der Waals surface area contributed by atoms with Crippen LogP contribution in [0.4, 0.5) is 0 Å². The number of aromatic nitrogens is 2. The number of ether oxygens (including phenoxy) is 1. The summed E-state index contributed by atoms with van der Waals surface area (Å²) in [5, 5.41) is 10.4. The molecule has 0 saturated carbocycles. The van der Waals surface area contributed by atoms with Crippen molar-refractivity contribution in [1.82, 2.24) is 20.8 Å². The molecular weight excluding hydrogens is 376 g/mol. The Balaban J connectivity index is 1.37. The molecule has 2 heterocycles. The van der Waals surface area contributed by atoms with Gasteiger partial charge in [-0.05, 0) is 29.8 Å². The van der Waals surface area contributed by atoms with Gasteiger partial charge in [0.1, 0.15) is 11.2 Å². The Bertz CT molecular complexity index is 930. The summed E-state index contributed by atoms with van der Waals surface area (Å²) in [5.41, 5.74) is 1.74. The van der Waals surface area contributed by atoms with Gasteiger partial charge in [0, 0.05) is 18.0 Å². The predicted octanol–water partition coefficient (Wildman–Crippen LogP) is 3.11. The van der Waals surface area contributed by atoms with E-state index < -0.39 is 0 Å². The number of hydrogen-bond donors (Lipinski definition) is 2. The molecule has 0 bridgehead atoms. The van der Waals surface area contributed by atoms with Crippen LogP contribution >= 0.6 is 11.8 Å². The highest BCUT2D eigenvalue weighted by atomic mass is 32.2. The first-order valence-corrected chi connectivity index (χ1v) is 9.95. The quantitative estimate of drug-likeness (QED) is 0.662. The van der Waals surface area contributed by atoms with Gasteiger partial charge in [-0.1, -0.05) is 35.5 Å². The highest BCUT2D eigenvalue weighted by Crippen LogP contribution is 2.26. The molecule has 0 radical (unpaired) electrons. The van der Waals surface area contributed by atoms with E-state index in [1.165, 1.54) is 11.8 Å². The summed E-state index contributed by atoms with van der Waals surface area (Å²) in [6.45, 7) is 0. The van der Waals surface area contributed by atoms with Crippen LogP contribution in [0, 0.1) is 0 Å². The van der Waals surface area contributed by atoms with Crippen molar-refractivity contribution < 1.29 is 14.1 Å². The molecule has 0 spiro atoms. The predicted molar refractivity (Wildman–Crippen MR) is 106 cm³/mol. The zero-order chi connectivity index (χ0) is 19.3. The number of methoxy groups -OCH3 is 1. The number of carbonyl (C=O) groups is 1. The lowest BCUT2D eigenvalue weighted by molar-refractivity contribution is -0.123. The lowest BCUT2D eigenvalue weighted by Gasteiger charge is -2.31. The Morgan fingerprint density at radius 3 is 2.71 bits per heavy atom. The lowest BCUT2D eigenvalue weighted by atomic mass is 10.0. The van der Waals surface area contributed by atoms with Crippen molar-refractivity contribution in [2.24, 2.45) is 0 Å². The molecule has 1 amide bonds. The molecule has 3 aromatic rings. The Labute approximate surface area is 166 Å². The summed E-state index contributed by atoms with van der Waals surface area (Å²) < 4.78 is 10.5. The van der Waals surface area contributed by atoms with Crippen LogP contribution in [0.3, 0.4) is 0 Å². The van der Waals surface area contributed by atoms with Crippen LogP contribution in [0.25, 0.3) is 11.4 Å². The molecule has 2 atom stereocenters. The van der Waals surface area contributed by atoms with Gasteiger partial charge in [-0.15, -0.1) is 11.8 Å². The molecule has 1 fully saturated rings. The van der Waals surface area contributed by atoms with Crippen molar-refractivity contribution in [2.45, 2.75) is 23.7 Å². The van der Waals surface area contributed by atoms with Crippen LogP contribution in [0.15, 0.2) is 59.1 Å². The van der Waals surface area contributed by atoms with Crippen LogP contribution in [-0.2, 0) is 10.5 Å². The molecule has 1 aliphatic rings. The average Bonchev–Trinajstić information content (AvgIpc) is 3.22. The maximum atomic E-state index is 12.1. The zero-order valence-electron chi connectivity index (χ0n) is 15.3. The molecule has 0 aliphatic carbocycles. The van der Waals surface area contributed by atoms with Gasteiger partial charge in [-0.2, -0.15) is 4.98 Å². The van der Waals surface area contributed by atoms with Crippen molar-refractivity contribution >= 4 is 17.7 Å². The van der Waals surface area contributed by atoms with E-state index in [1.807, 2.05) is 54.6 Å². The van der Waals surface area contributed by atoms with E-state index in [1.54, 1.807) is 7.11 Å². The van der Waals surface area contributed by atoms with E-state index in [-0.39, 0.29) is 17.4 Å². The Morgan fingerprint density at radius 1 is 1.18 bits per heavy atom. The fraction of sp³-hybridized carbons (Fsp3) is 0.250. The Hall–Kier alpha value is -2.84. The number of rotatable bonds is 6. The molecule has 7 nitrogen and oxygen atoms in total. The lowest BCUT2D eigenvalue weighted by Crippen LogP contribution is -2.50. The van der Waals surface area contributed by atoms with Crippen LogP contribution in [0.5, 0.6) is 5.75 Å². The minimum atomic E-state index is -0.220. The van der Waals surface area contributed by atoms with Crippen molar-refractivity contribution in [3.63, 3.8) is 0 Å². The summed E-state index contributed by atoms with van der Waals surface area (Å²) in [7, 11) is 1.62. The van der Waals surface area contributed by atoms with Crippen molar-refractivity contribution in [3.05, 3.63) is 66.1 Å². The zero-order valence-corrected chi connectivity index (χ0v) is 16.1. The fourth-order valence-corrected chi connectivity index (χ4v) is 3.89. The van der Waals surface area contributed by atoms with Crippen molar-refractivity contribution in [2.75, 3.05) is 7.11 Å². The topological polar surface area (TPSA) is 89.3 Å². The summed E-state index contributed by atoms with van der Waals surface area (Å²) in [5.74, 6) is 2.32. The third-order valence-corrected chi connectivity index (χ3v) is 5.43. The maximum Gasteiger partial charge on any atom is 0.237 e. The molecule has 2 aromatic carbocycles. The first kappa shape index (κ1) is 18.5. The van der Waals surface area contributed by atoms with E-state index in [9.17, 15) is 4.79 Å². The van der Waals surface area contributed by atoms with E-state index in [4.69, 9.17) is 9.26 Å². The van der Waals surface area contributed by atoms with E-state index in [0.29, 0.717) is 23.9 Å². The Morgan fingerprint density at radius 2 is 1.96 bits per heavy atom. The van der Waals surface area contributed by atoms with E-state index >= 15 is 0 Å². The van der Waals surface area contributed by atoms with Gasteiger partial charge < -0.3 is 14.6 Å². The first-order valence-electron chi connectivity index (χ1n) is 8.90. The van der Waals surface area contributed by atoms with Crippen LogP contribution in [0.1, 0.15) is 23.9 Å². The minimum absolute atomic E-state index is 0.00926. The average molecular weight is 396 g/mol. The summed E-state index contributed by atoms with van der Waals surface area (Å²) >= 11 is 1.51. The second-order valence-electron chi connectivity index (χ2n) is 6.33. The van der Waals surface area contributed by atoms with Gasteiger partial charge in [0.05, 0.1) is 12.9 Å². The number of amides is 1. The molecule has 1 aliphatic heterocycles. The van der Waals surface area contributed by atoms with Gasteiger partial charge in [-0.25, -0.2) is 0 Å². The molecule has 8 heteroatoms. The highest BCUT2D eigenvalue weighted by molar-refractivity contribution is 7.99. The largest absolute Gasteiger partial charge is 0.497 e. The first-order chi connectivity index (χ1) is 13.7. The molecule has 4 rings (SSSR count). The van der Waals surface area contributed by atoms with Gasteiger partial charge in [0.15, 0.2) is 0 Å². The molecule has 2 N–H and O–H groups in total. The van der Waals surface area contributed by atoms with Crippen LogP contribution < -0.4 is 15.4 Å². The van der Waals surface area contributed by atoms with E-state index in [2.05, 4.69) is 20.8 Å². The highest BCUT2D eigenvalue weighted by Gasteiger charge is 2.27. The van der Waals surface area contributed by atoms with Crippen LogP contribution in [-0.4, -0.2) is 28.7 Å². The smallest absolute Gasteiger partial charge is 0.237 e. The summed E-state index contributed by atoms with van der Waals surface area (Å²) in [4.78, 5) is 16.5. The van der Waals surface area contributed by atoms with Gasteiger partial charge >= 0.3 is 0 Å². The summed E-state index contributed by atoms with van der Waals surface area (Å²) in [6, 6.07) is 17.4. The van der Waals surface area contributed by atoms with Crippen molar-refractivity contribution in [3.8, 4) is 17.1 Å². The molecule has 28 heavy (non-hydrogen) atoms. The summed E-state index contributed by atoms with van der Waals surface area (Å²) in [6.07, 6.45) is 0.420. The van der Waals surface area contributed by atoms with Crippen LogP contribution in [0.2, 0.25) is 0 Å². The molecule has 144 valence electrons. The second kappa shape index (κ2) is 8.45. The molecule has 1 saturated heterocycles. The SMILES string of the molecule is COc1ccc(-c2noc(CSC3NC(=O)CC(c4ccccc4)N3)n2)cc1. The van der Waals surface area contributed by atoms with Gasteiger partial charge in [0.25, 0.3) is 0 Å². The third-order valence-electron chi connectivity index (χ3n) is 4.43. The monoisotopic (exact) mass is 396 g/mol. The van der Waals surface area contributed by atoms with E-state index in [0.717, 1.165) is 16.9 Å². The second-order valence-corrected chi connectivity index (χ2v) is 7.43. The number of nitrogens with one attached hydrogen (secondary N) is 2. The van der Waals surface area contributed by atoms with Crippen molar-refractivity contribution in [1.29, 1.82) is 0 Å². The maximum absolute atomic E-state index is 12.1. The number of hydrogen-bond acceptors (Lipinski definition) is 7. The third kappa shape index (κ3) is 4.35. The number of nitrogens with zero attached hydrogens (tertiary/aromatic N) is 2. The van der Waals surface area contributed by atoms with Gasteiger partial charge in [0.2, 0.25) is 17.6 Å². The number of benzene rings is 2. The standard InChI is InChI=1S/C20H20N4O3S/c1-26-15-9-7-14(8-10-15)19-23-18(27-24-19)12-28-20-21-16(11-17(25)22-20)13-5-3-2-4-6-13/h2-10,16,20-21H,11-12H2,1H3,(H,22,25). The molecular formula is C20H20N4O3S.